The average molecular weight is 344 g/mol. The number of methoxy groups -OCH3 is 1. The van der Waals surface area contributed by atoms with E-state index in [4.69, 9.17) is 16.3 Å². The van der Waals surface area contributed by atoms with Crippen LogP contribution in [0.25, 0.3) is 0 Å². The molecule has 0 saturated carbocycles. The Morgan fingerprint density at radius 2 is 1.84 bits per heavy atom. The first-order chi connectivity index (χ1) is 9.02. The molecule has 0 saturated heterocycles. The standard InChI is InChI=1S/C15H13BrClFO/c1-9-3-5-12(14(18)7-9)15(16)11-6-4-10(19-2)8-13(11)17/h3-8,15H,1-2H3. The predicted molar refractivity (Wildman–Crippen MR) is 79.9 cm³/mol. The molecule has 0 aliphatic carbocycles. The zero-order valence-electron chi connectivity index (χ0n) is 10.6. The normalized spacial score (nSPS) is 12.3. The van der Waals surface area contributed by atoms with Gasteiger partial charge in [-0.3, -0.25) is 0 Å². The molecule has 0 heterocycles. The van der Waals surface area contributed by atoms with E-state index in [1.54, 1.807) is 19.2 Å². The Bertz CT molecular complexity index is 601. The largest absolute Gasteiger partial charge is 0.497 e. The first kappa shape index (κ1) is 14.4. The van der Waals surface area contributed by atoms with Gasteiger partial charge in [-0.1, -0.05) is 45.7 Å². The summed E-state index contributed by atoms with van der Waals surface area (Å²) in [6.45, 7) is 1.86. The molecule has 0 spiro atoms. The number of rotatable bonds is 3. The van der Waals surface area contributed by atoms with Crippen LogP contribution < -0.4 is 4.74 Å². The summed E-state index contributed by atoms with van der Waals surface area (Å²) >= 11 is 9.71. The molecule has 0 aliphatic heterocycles. The second-order valence-electron chi connectivity index (χ2n) is 4.27. The minimum Gasteiger partial charge on any atom is -0.497 e. The van der Waals surface area contributed by atoms with Gasteiger partial charge in [0.2, 0.25) is 0 Å². The molecule has 1 atom stereocenters. The first-order valence-corrected chi connectivity index (χ1v) is 7.06. The van der Waals surface area contributed by atoms with E-state index in [9.17, 15) is 4.39 Å². The summed E-state index contributed by atoms with van der Waals surface area (Å²) in [6.07, 6.45) is 0. The summed E-state index contributed by atoms with van der Waals surface area (Å²) < 4.78 is 19.1. The average Bonchev–Trinajstić information content (AvgIpc) is 2.37. The molecule has 2 aromatic rings. The van der Waals surface area contributed by atoms with Gasteiger partial charge in [0.25, 0.3) is 0 Å². The lowest BCUT2D eigenvalue weighted by atomic mass is 10.0. The van der Waals surface area contributed by atoms with Crippen LogP contribution in [-0.4, -0.2) is 7.11 Å². The summed E-state index contributed by atoms with van der Waals surface area (Å²) in [6, 6.07) is 10.5. The predicted octanol–water partition coefficient (Wildman–Crippen LogP) is 5.28. The molecule has 100 valence electrons. The maximum absolute atomic E-state index is 14.0. The van der Waals surface area contributed by atoms with E-state index >= 15 is 0 Å². The minimum absolute atomic E-state index is 0.242. The summed E-state index contributed by atoms with van der Waals surface area (Å²) in [5.41, 5.74) is 2.27. The summed E-state index contributed by atoms with van der Waals surface area (Å²) in [7, 11) is 1.58. The van der Waals surface area contributed by atoms with Gasteiger partial charge in [-0.25, -0.2) is 4.39 Å². The van der Waals surface area contributed by atoms with E-state index in [2.05, 4.69) is 15.9 Å². The summed E-state index contributed by atoms with van der Waals surface area (Å²) in [4.78, 5) is -0.286. The van der Waals surface area contributed by atoms with Crippen LogP contribution in [0.1, 0.15) is 21.5 Å². The first-order valence-electron chi connectivity index (χ1n) is 5.76. The SMILES string of the molecule is COc1ccc(C(Br)c2ccc(C)cc2F)c(Cl)c1. The zero-order valence-corrected chi connectivity index (χ0v) is 12.9. The molecule has 1 unspecified atom stereocenters. The highest BCUT2D eigenvalue weighted by atomic mass is 79.9. The van der Waals surface area contributed by atoms with Crippen molar-refractivity contribution in [2.45, 2.75) is 11.8 Å². The van der Waals surface area contributed by atoms with Crippen LogP contribution in [0.4, 0.5) is 4.39 Å². The molecule has 1 nitrogen and oxygen atoms in total. The van der Waals surface area contributed by atoms with Gasteiger partial charge in [-0.05, 0) is 36.2 Å². The molecular weight excluding hydrogens is 331 g/mol. The Kier molecular flexibility index (Phi) is 4.48. The molecule has 0 aliphatic rings. The third-order valence-corrected chi connectivity index (χ3v) is 4.22. The van der Waals surface area contributed by atoms with Crippen LogP contribution in [0.2, 0.25) is 5.02 Å². The van der Waals surface area contributed by atoms with Crippen molar-refractivity contribution in [3.8, 4) is 5.75 Å². The maximum Gasteiger partial charge on any atom is 0.128 e. The molecule has 4 heteroatoms. The third-order valence-electron chi connectivity index (χ3n) is 2.91. The lowest BCUT2D eigenvalue weighted by Gasteiger charge is -2.14. The molecule has 0 fully saturated rings. The van der Waals surface area contributed by atoms with Gasteiger partial charge in [0, 0.05) is 10.6 Å². The Balaban J connectivity index is 2.41. The monoisotopic (exact) mass is 342 g/mol. The van der Waals surface area contributed by atoms with Crippen molar-refractivity contribution >= 4 is 27.5 Å². The van der Waals surface area contributed by atoms with Crippen molar-refractivity contribution in [2.75, 3.05) is 7.11 Å². The van der Waals surface area contributed by atoms with Crippen LogP contribution in [0, 0.1) is 12.7 Å². The number of alkyl halides is 1. The van der Waals surface area contributed by atoms with Gasteiger partial charge < -0.3 is 4.74 Å². The molecule has 0 bridgehead atoms. The highest BCUT2D eigenvalue weighted by molar-refractivity contribution is 9.09. The number of ether oxygens (including phenoxy) is 1. The van der Waals surface area contributed by atoms with Crippen molar-refractivity contribution < 1.29 is 9.13 Å². The number of halogens is 3. The second kappa shape index (κ2) is 5.93. The number of hydrogen-bond acceptors (Lipinski definition) is 1. The van der Waals surface area contributed by atoms with E-state index in [1.807, 2.05) is 25.1 Å². The van der Waals surface area contributed by atoms with Gasteiger partial charge in [0.1, 0.15) is 11.6 Å². The Labute approximate surface area is 125 Å². The van der Waals surface area contributed by atoms with Crippen molar-refractivity contribution in [1.29, 1.82) is 0 Å². The van der Waals surface area contributed by atoms with Gasteiger partial charge in [0.15, 0.2) is 0 Å². The topological polar surface area (TPSA) is 9.23 Å². The van der Waals surface area contributed by atoms with Crippen LogP contribution in [0.3, 0.4) is 0 Å². The minimum atomic E-state index is -0.286. The highest BCUT2D eigenvalue weighted by Crippen LogP contribution is 2.37. The molecule has 0 aromatic heterocycles. The number of hydrogen-bond donors (Lipinski definition) is 0. The van der Waals surface area contributed by atoms with Crippen LogP contribution in [0.15, 0.2) is 36.4 Å². The Morgan fingerprint density at radius 3 is 2.42 bits per heavy atom. The Hall–Kier alpha value is -1.06. The molecule has 0 N–H and O–H groups in total. The van der Waals surface area contributed by atoms with Crippen molar-refractivity contribution in [1.82, 2.24) is 0 Å². The van der Waals surface area contributed by atoms with E-state index in [-0.39, 0.29) is 10.6 Å². The van der Waals surface area contributed by atoms with Crippen LogP contribution in [0.5, 0.6) is 5.75 Å². The van der Waals surface area contributed by atoms with Gasteiger partial charge in [-0.2, -0.15) is 0 Å². The molecule has 2 aromatic carbocycles. The fourth-order valence-corrected chi connectivity index (χ4v) is 3.03. The molecule has 2 rings (SSSR count). The molecule has 19 heavy (non-hydrogen) atoms. The van der Waals surface area contributed by atoms with E-state index < -0.39 is 0 Å². The van der Waals surface area contributed by atoms with E-state index in [1.165, 1.54) is 6.07 Å². The number of aryl methyl sites for hydroxylation is 1. The van der Waals surface area contributed by atoms with Crippen LogP contribution in [-0.2, 0) is 0 Å². The van der Waals surface area contributed by atoms with Crippen molar-refractivity contribution in [3.05, 3.63) is 63.9 Å². The molecule has 0 amide bonds. The van der Waals surface area contributed by atoms with E-state index in [0.29, 0.717) is 16.3 Å². The molecular formula is C15H13BrClFO. The smallest absolute Gasteiger partial charge is 0.128 e. The fourth-order valence-electron chi connectivity index (χ4n) is 1.85. The summed E-state index contributed by atoms with van der Waals surface area (Å²) in [5.74, 6) is 0.437. The molecule has 0 radical (unpaired) electrons. The lowest BCUT2D eigenvalue weighted by molar-refractivity contribution is 0.414. The van der Waals surface area contributed by atoms with Gasteiger partial charge in [0.05, 0.1) is 11.9 Å². The van der Waals surface area contributed by atoms with Gasteiger partial charge in [-0.15, -0.1) is 0 Å². The quantitative estimate of drug-likeness (QED) is 0.689. The Morgan fingerprint density at radius 1 is 1.16 bits per heavy atom. The van der Waals surface area contributed by atoms with E-state index in [0.717, 1.165) is 11.1 Å². The number of benzene rings is 2. The fraction of sp³-hybridized carbons (Fsp3) is 0.200. The van der Waals surface area contributed by atoms with Crippen LogP contribution >= 0.6 is 27.5 Å². The third kappa shape index (κ3) is 3.10. The van der Waals surface area contributed by atoms with Gasteiger partial charge >= 0.3 is 0 Å². The van der Waals surface area contributed by atoms with Crippen molar-refractivity contribution in [2.24, 2.45) is 0 Å². The maximum atomic E-state index is 14.0. The van der Waals surface area contributed by atoms with Crippen molar-refractivity contribution in [3.63, 3.8) is 0 Å². The highest BCUT2D eigenvalue weighted by Gasteiger charge is 2.17. The second-order valence-corrected chi connectivity index (χ2v) is 5.60. The lowest BCUT2D eigenvalue weighted by Crippen LogP contribution is -1.98. The zero-order chi connectivity index (χ0) is 14.0. The summed E-state index contributed by atoms with van der Waals surface area (Å²) in [5, 5.41) is 0.543.